The lowest BCUT2D eigenvalue weighted by molar-refractivity contribution is -0.111. The second-order valence-electron chi connectivity index (χ2n) is 4.53. The molecule has 1 aliphatic rings. The van der Waals surface area contributed by atoms with Crippen LogP contribution >= 0.6 is 0 Å². The summed E-state index contributed by atoms with van der Waals surface area (Å²) in [6.45, 7) is 0. The highest BCUT2D eigenvalue weighted by molar-refractivity contribution is 6.54. The minimum Gasteiger partial charge on any atom is -0.309 e. The molecule has 0 radical (unpaired) electrons. The van der Waals surface area contributed by atoms with Crippen LogP contribution in [0, 0.1) is 12.3 Å². The zero-order valence-electron chi connectivity index (χ0n) is 11.0. The van der Waals surface area contributed by atoms with E-state index in [2.05, 4.69) is 10.9 Å². The maximum Gasteiger partial charge on any atom is 0.277 e. The molecule has 2 aromatic carbocycles. The number of aliphatic imine (C=N–C) groups is 1. The summed E-state index contributed by atoms with van der Waals surface area (Å²) in [6.07, 6.45) is 5.32. The summed E-state index contributed by atoms with van der Waals surface area (Å²) in [4.78, 5) is 18.3. The lowest BCUT2D eigenvalue weighted by Crippen LogP contribution is -2.25. The fourth-order valence-corrected chi connectivity index (χ4v) is 2.22. The normalized spacial score (nSPS) is 15.3. The fraction of sp³-hybridized carbons (Fsp3) is 0.0588. The Labute approximate surface area is 117 Å². The lowest BCUT2D eigenvalue weighted by atomic mass is 10.1. The highest BCUT2D eigenvalue weighted by atomic mass is 16.2. The molecule has 0 N–H and O–H groups in total. The van der Waals surface area contributed by atoms with Gasteiger partial charge >= 0.3 is 0 Å². The molecular weight excluding hydrogens is 248 g/mol. The number of terminal acetylenes is 1. The van der Waals surface area contributed by atoms with Crippen molar-refractivity contribution in [1.82, 2.24) is 0 Å². The highest BCUT2D eigenvalue weighted by Crippen LogP contribution is 2.29. The van der Waals surface area contributed by atoms with Gasteiger partial charge in [0.25, 0.3) is 5.91 Å². The maximum absolute atomic E-state index is 12.3. The highest BCUT2D eigenvalue weighted by Gasteiger charge is 2.30. The number of fused-ring (bicyclic) bond motifs is 1. The van der Waals surface area contributed by atoms with Crippen LogP contribution in [0.1, 0.15) is 11.1 Å². The van der Waals surface area contributed by atoms with Crippen LogP contribution in [-0.2, 0) is 4.79 Å². The number of hydrogen-bond donors (Lipinski definition) is 0. The number of carbonyl (C=O) groups is 1. The van der Waals surface area contributed by atoms with Gasteiger partial charge in [0, 0.05) is 18.2 Å². The van der Waals surface area contributed by atoms with Crippen molar-refractivity contribution >= 4 is 23.0 Å². The van der Waals surface area contributed by atoms with E-state index in [4.69, 9.17) is 6.42 Å². The van der Waals surface area contributed by atoms with Gasteiger partial charge in [0.15, 0.2) is 0 Å². The molecule has 0 unspecified atom stereocenters. The zero-order chi connectivity index (χ0) is 14.1. The first kappa shape index (κ1) is 12.2. The summed E-state index contributed by atoms with van der Waals surface area (Å²) < 4.78 is 0. The van der Waals surface area contributed by atoms with E-state index in [-0.39, 0.29) is 5.91 Å². The number of rotatable bonds is 1. The number of anilines is 1. The number of para-hydroxylation sites is 1. The Morgan fingerprint density at radius 2 is 1.80 bits per heavy atom. The third kappa shape index (κ3) is 1.88. The molecule has 0 fully saturated rings. The van der Waals surface area contributed by atoms with Crippen molar-refractivity contribution in [1.29, 1.82) is 0 Å². The van der Waals surface area contributed by atoms with Crippen LogP contribution in [0.3, 0.4) is 0 Å². The second-order valence-corrected chi connectivity index (χ2v) is 4.53. The molecule has 0 aromatic heterocycles. The van der Waals surface area contributed by atoms with Crippen molar-refractivity contribution in [2.75, 3.05) is 11.9 Å². The predicted molar refractivity (Wildman–Crippen MR) is 80.4 cm³/mol. The van der Waals surface area contributed by atoms with Gasteiger partial charge < -0.3 is 4.90 Å². The van der Waals surface area contributed by atoms with Crippen molar-refractivity contribution in [3.05, 3.63) is 59.7 Å². The van der Waals surface area contributed by atoms with Crippen LogP contribution in [0.25, 0.3) is 0 Å². The van der Waals surface area contributed by atoms with Crippen LogP contribution in [0.4, 0.5) is 11.4 Å². The largest absolute Gasteiger partial charge is 0.309 e. The van der Waals surface area contributed by atoms with Gasteiger partial charge in [-0.1, -0.05) is 24.1 Å². The molecule has 3 rings (SSSR count). The zero-order valence-corrected chi connectivity index (χ0v) is 11.0. The molecule has 1 heterocycles. The molecule has 0 atom stereocenters. The van der Waals surface area contributed by atoms with Gasteiger partial charge in [0.1, 0.15) is 5.71 Å². The Bertz CT molecular complexity index is 751. The second kappa shape index (κ2) is 4.67. The van der Waals surface area contributed by atoms with E-state index in [0.717, 1.165) is 22.5 Å². The fourth-order valence-electron chi connectivity index (χ4n) is 2.22. The quantitative estimate of drug-likeness (QED) is 0.726. The van der Waals surface area contributed by atoms with Crippen LogP contribution in [-0.4, -0.2) is 18.7 Å². The Hall–Kier alpha value is -2.86. The molecule has 96 valence electrons. The first-order valence-corrected chi connectivity index (χ1v) is 6.23. The molecule has 3 nitrogen and oxygen atoms in total. The standard InChI is InChI=1S/C17H12N2O/c1-3-12-8-10-13(11-9-12)18-16-14-6-4-5-7-15(14)19(2)17(16)20/h1,4-11H,2H3/b18-16+. The molecule has 3 heteroatoms. The molecule has 0 aliphatic carbocycles. The first-order valence-electron chi connectivity index (χ1n) is 6.23. The van der Waals surface area contributed by atoms with Gasteiger partial charge in [-0.3, -0.25) is 4.79 Å². The number of carbonyl (C=O) groups excluding carboxylic acids is 1. The number of benzene rings is 2. The van der Waals surface area contributed by atoms with E-state index in [0.29, 0.717) is 5.71 Å². The van der Waals surface area contributed by atoms with E-state index < -0.39 is 0 Å². The summed E-state index contributed by atoms with van der Waals surface area (Å²) in [5.74, 6) is 2.47. The topological polar surface area (TPSA) is 32.7 Å². The smallest absolute Gasteiger partial charge is 0.277 e. The summed E-state index contributed by atoms with van der Waals surface area (Å²) >= 11 is 0. The van der Waals surface area contributed by atoms with Crippen molar-refractivity contribution in [2.45, 2.75) is 0 Å². The minimum atomic E-state index is -0.0905. The van der Waals surface area contributed by atoms with E-state index in [1.165, 1.54) is 0 Å². The molecule has 0 bridgehead atoms. The van der Waals surface area contributed by atoms with Gasteiger partial charge in [0.2, 0.25) is 0 Å². The van der Waals surface area contributed by atoms with Gasteiger partial charge in [-0.2, -0.15) is 0 Å². The van der Waals surface area contributed by atoms with E-state index >= 15 is 0 Å². The Morgan fingerprint density at radius 3 is 2.50 bits per heavy atom. The third-order valence-corrected chi connectivity index (χ3v) is 3.30. The summed E-state index contributed by atoms with van der Waals surface area (Å²) in [6, 6.07) is 14.9. The van der Waals surface area contributed by atoms with Gasteiger partial charge in [-0.25, -0.2) is 4.99 Å². The van der Waals surface area contributed by atoms with Crippen molar-refractivity contribution < 1.29 is 4.79 Å². The monoisotopic (exact) mass is 260 g/mol. The average Bonchev–Trinajstić information content (AvgIpc) is 2.74. The van der Waals surface area contributed by atoms with Crippen LogP contribution in [0.5, 0.6) is 0 Å². The van der Waals surface area contributed by atoms with E-state index in [1.807, 2.05) is 48.5 Å². The van der Waals surface area contributed by atoms with Crippen LogP contribution in [0.15, 0.2) is 53.5 Å². The summed E-state index contributed by atoms with van der Waals surface area (Å²) in [5.41, 5.74) is 3.73. The van der Waals surface area contributed by atoms with Crippen molar-refractivity contribution in [3.8, 4) is 12.3 Å². The molecule has 20 heavy (non-hydrogen) atoms. The van der Waals surface area contributed by atoms with E-state index in [1.54, 1.807) is 11.9 Å². The maximum atomic E-state index is 12.3. The lowest BCUT2D eigenvalue weighted by Gasteiger charge is -2.07. The number of nitrogens with zero attached hydrogens (tertiary/aromatic N) is 2. The number of hydrogen-bond acceptors (Lipinski definition) is 2. The predicted octanol–water partition coefficient (Wildman–Crippen LogP) is 2.77. The number of likely N-dealkylation sites (N-methyl/N-ethyl adjacent to an activating group) is 1. The molecule has 1 amide bonds. The third-order valence-electron chi connectivity index (χ3n) is 3.30. The molecule has 2 aromatic rings. The first-order chi connectivity index (χ1) is 9.70. The summed E-state index contributed by atoms with van der Waals surface area (Å²) in [7, 11) is 1.76. The van der Waals surface area contributed by atoms with Crippen molar-refractivity contribution in [2.24, 2.45) is 4.99 Å². The Balaban J connectivity index is 2.07. The summed E-state index contributed by atoms with van der Waals surface area (Å²) in [5, 5.41) is 0. The Kier molecular flexibility index (Phi) is 2.85. The van der Waals surface area contributed by atoms with E-state index in [9.17, 15) is 4.79 Å². The van der Waals surface area contributed by atoms with Crippen LogP contribution < -0.4 is 4.90 Å². The molecule has 0 spiro atoms. The molecular formula is C17H12N2O. The van der Waals surface area contributed by atoms with Crippen LogP contribution in [0.2, 0.25) is 0 Å². The SMILES string of the molecule is C#Cc1ccc(/N=C2/C(=O)N(C)c3ccccc32)cc1. The molecule has 1 aliphatic heterocycles. The van der Waals surface area contributed by atoms with Gasteiger partial charge in [-0.15, -0.1) is 6.42 Å². The van der Waals surface area contributed by atoms with Gasteiger partial charge in [-0.05, 0) is 30.3 Å². The number of amides is 1. The van der Waals surface area contributed by atoms with Crippen molar-refractivity contribution in [3.63, 3.8) is 0 Å². The van der Waals surface area contributed by atoms with Gasteiger partial charge in [0.05, 0.1) is 11.4 Å². The Morgan fingerprint density at radius 1 is 1.10 bits per heavy atom. The molecule has 0 saturated carbocycles. The average molecular weight is 260 g/mol. The molecule has 0 saturated heterocycles. The minimum absolute atomic E-state index is 0.0905.